The minimum Gasteiger partial charge on any atom is -0.339 e. The van der Waals surface area contributed by atoms with Gasteiger partial charge in [-0.15, -0.1) is 11.8 Å². The number of hydrogen-bond acceptors (Lipinski definition) is 3. The molecule has 0 aromatic rings. The Morgan fingerprint density at radius 2 is 1.93 bits per heavy atom. The maximum absolute atomic E-state index is 12.1. The molecular formula is C11H20N2OS. The molecule has 3 nitrogen and oxygen atoms in total. The number of piperazine rings is 1. The number of amides is 1. The Balaban J connectivity index is 1.84. The van der Waals surface area contributed by atoms with Crippen LogP contribution in [0, 0.1) is 0 Å². The highest BCUT2D eigenvalue weighted by molar-refractivity contribution is 8.00. The lowest BCUT2D eigenvalue weighted by Crippen LogP contribution is -2.50. The summed E-state index contributed by atoms with van der Waals surface area (Å²) in [5, 5.41) is 0.266. The van der Waals surface area contributed by atoms with Crippen molar-refractivity contribution < 1.29 is 4.79 Å². The minimum atomic E-state index is 0.266. The molecule has 2 fully saturated rings. The largest absolute Gasteiger partial charge is 0.339 e. The van der Waals surface area contributed by atoms with E-state index in [0.29, 0.717) is 5.91 Å². The van der Waals surface area contributed by atoms with E-state index in [0.717, 1.165) is 32.6 Å². The van der Waals surface area contributed by atoms with E-state index in [9.17, 15) is 4.79 Å². The second-order valence-corrected chi connectivity index (χ2v) is 5.79. The van der Waals surface area contributed by atoms with Crippen LogP contribution in [0.5, 0.6) is 0 Å². The summed E-state index contributed by atoms with van der Waals surface area (Å²) in [7, 11) is 2.12. The smallest absolute Gasteiger partial charge is 0.235 e. The summed E-state index contributed by atoms with van der Waals surface area (Å²) in [5.41, 5.74) is 0. The number of thioether (sulfide) groups is 1. The first-order valence-corrected chi connectivity index (χ1v) is 6.91. The van der Waals surface area contributed by atoms with E-state index < -0.39 is 0 Å². The average molecular weight is 228 g/mol. The van der Waals surface area contributed by atoms with Gasteiger partial charge in [-0.25, -0.2) is 0 Å². The zero-order chi connectivity index (χ0) is 10.7. The summed E-state index contributed by atoms with van der Waals surface area (Å²) in [4.78, 5) is 16.5. The third-order valence-corrected chi connectivity index (χ3v) is 4.63. The van der Waals surface area contributed by atoms with E-state index in [-0.39, 0.29) is 5.25 Å². The van der Waals surface area contributed by atoms with Crippen LogP contribution in [0.2, 0.25) is 0 Å². The first kappa shape index (κ1) is 11.3. The highest BCUT2D eigenvalue weighted by Crippen LogP contribution is 2.26. The minimum absolute atomic E-state index is 0.266. The van der Waals surface area contributed by atoms with Gasteiger partial charge < -0.3 is 9.80 Å². The van der Waals surface area contributed by atoms with Gasteiger partial charge in [0.2, 0.25) is 5.91 Å². The standard InChI is InChI=1S/C11H20N2OS/c1-12-5-7-13(8-6-12)11(14)10-4-2-3-9-15-10/h10H,2-9H2,1H3. The molecule has 0 saturated carbocycles. The molecule has 0 spiro atoms. The molecule has 0 aromatic heterocycles. The first-order valence-electron chi connectivity index (χ1n) is 5.86. The second kappa shape index (κ2) is 5.21. The molecular weight excluding hydrogens is 208 g/mol. The van der Waals surface area contributed by atoms with Crippen LogP contribution in [0.25, 0.3) is 0 Å². The summed E-state index contributed by atoms with van der Waals surface area (Å²) >= 11 is 1.86. The van der Waals surface area contributed by atoms with E-state index >= 15 is 0 Å². The van der Waals surface area contributed by atoms with Crippen molar-refractivity contribution in [1.29, 1.82) is 0 Å². The summed E-state index contributed by atoms with van der Waals surface area (Å²) < 4.78 is 0. The number of nitrogens with zero attached hydrogens (tertiary/aromatic N) is 2. The summed E-state index contributed by atoms with van der Waals surface area (Å²) in [5.74, 6) is 1.57. The molecule has 2 saturated heterocycles. The van der Waals surface area contributed by atoms with Crippen LogP contribution in [-0.2, 0) is 4.79 Å². The molecule has 2 heterocycles. The van der Waals surface area contributed by atoms with Gasteiger partial charge in [-0.1, -0.05) is 6.42 Å². The average Bonchev–Trinajstić information content (AvgIpc) is 2.30. The first-order chi connectivity index (χ1) is 7.27. The van der Waals surface area contributed by atoms with Crippen molar-refractivity contribution in [2.24, 2.45) is 0 Å². The lowest BCUT2D eigenvalue weighted by Gasteiger charge is -2.35. The van der Waals surface area contributed by atoms with E-state index in [1.54, 1.807) is 0 Å². The maximum atomic E-state index is 12.1. The molecule has 4 heteroatoms. The molecule has 0 bridgehead atoms. The van der Waals surface area contributed by atoms with Crippen LogP contribution in [0.3, 0.4) is 0 Å². The third kappa shape index (κ3) is 2.88. The van der Waals surface area contributed by atoms with Crippen LogP contribution in [0.1, 0.15) is 19.3 Å². The van der Waals surface area contributed by atoms with Gasteiger partial charge in [0.1, 0.15) is 0 Å². The third-order valence-electron chi connectivity index (χ3n) is 3.27. The van der Waals surface area contributed by atoms with E-state index in [4.69, 9.17) is 0 Å². The monoisotopic (exact) mass is 228 g/mol. The van der Waals surface area contributed by atoms with Crippen LogP contribution in [-0.4, -0.2) is 59.9 Å². The van der Waals surface area contributed by atoms with Crippen molar-refractivity contribution in [2.45, 2.75) is 24.5 Å². The molecule has 86 valence electrons. The van der Waals surface area contributed by atoms with E-state index in [1.807, 2.05) is 11.8 Å². The zero-order valence-electron chi connectivity index (χ0n) is 9.45. The van der Waals surface area contributed by atoms with Crippen molar-refractivity contribution in [3.63, 3.8) is 0 Å². The molecule has 0 radical (unpaired) electrons. The van der Waals surface area contributed by atoms with Crippen molar-refractivity contribution in [2.75, 3.05) is 39.0 Å². The Kier molecular flexibility index (Phi) is 3.92. The molecule has 1 amide bonds. The number of hydrogen-bond donors (Lipinski definition) is 0. The fraction of sp³-hybridized carbons (Fsp3) is 0.909. The molecule has 2 aliphatic rings. The van der Waals surface area contributed by atoms with Crippen molar-refractivity contribution in [3.05, 3.63) is 0 Å². The Hall–Kier alpha value is -0.220. The van der Waals surface area contributed by atoms with Gasteiger partial charge in [-0.3, -0.25) is 4.79 Å². The molecule has 0 aliphatic carbocycles. The Labute approximate surface area is 96.2 Å². The molecule has 1 atom stereocenters. The zero-order valence-corrected chi connectivity index (χ0v) is 10.3. The lowest BCUT2D eigenvalue weighted by atomic mass is 10.1. The van der Waals surface area contributed by atoms with Crippen LogP contribution >= 0.6 is 11.8 Å². The molecule has 0 N–H and O–H groups in total. The SMILES string of the molecule is CN1CCN(C(=O)C2CCCCS2)CC1. The van der Waals surface area contributed by atoms with Gasteiger partial charge in [0.15, 0.2) is 0 Å². The van der Waals surface area contributed by atoms with Gasteiger partial charge in [0, 0.05) is 26.2 Å². The maximum Gasteiger partial charge on any atom is 0.235 e. The van der Waals surface area contributed by atoms with Crippen LogP contribution < -0.4 is 0 Å². The predicted octanol–water partition coefficient (Wildman–Crippen LogP) is 1.05. The van der Waals surface area contributed by atoms with Gasteiger partial charge in [-0.05, 0) is 25.6 Å². The fourth-order valence-electron chi connectivity index (χ4n) is 2.17. The van der Waals surface area contributed by atoms with Gasteiger partial charge in [0.25, 0.3) is 0 Å². The van der Waals surface area contributed by atoms with E-state index in [1.165, 1.54) is 18.6 Å². The Morgan fingerprint density at radius 1 is 1.20 bits per heavy atom. The van der Waals surface area contributed by atoms with Crippen LogP contribution in [0.4, 0.5) is 0 Å². The van der Waals surface area contributed by atoms with Crippen LogP contribution in [0.15, 0.2) is 0 Å². The number of rotatable bonds is 1. The van der Waals surface area contributed by atoms with Crippen molar-refractivity contribution in [3.8, 4) is 0 Å². The highest BCUT2D eigenvalue weighted by Gasteiger charge is 2.27. The Morgan fingerprint density at radius 3 is 2.53 bits per heavy atom. The summed E-state index contributed by atoms with van der Waals surface area (Å²) in [6.45, 7) is 3.91. The normalized spacial score (nSPS) is 29.1. The second-order valence-electron chi connectivity index (χ2n) is 4.48. The fourth-order valence-corrected chi connectivity index (χ4v) is 3.45. The lowest BCUT2D eigenvalue weighted by molar-refractivity contribution is -0.132. The van der Waals surface area contributed by atoms with Gasteiger partial charge >= 0.3 is 0 Å². The molecule has 2 aliphatic heterocycles. The highest BCUT2D eigenvalue weighted by atomic mass is 32.2. The molecule has 15 heavy (non-hydrogen) atoms. The summed E-state index contributed by atoms with van der Waals surface area (Å²) in [6.07, 6.45) is 3.62. The molecule has 1 unspecified atom stereocenters. The Bertz CT molecular complexity index is 221. The molecule has 0 aromatic carbocycles. The molecule has 2 rings (SSSR count). The van der Waals surface area contributed by atoms with Gasteiger partial charge in [0.05, 0.1) is 5.25 Å². The van der Waals surface area contributed by atoms with Crippen molar-refractivity contribution >= 4 is 17.7 Å². The van der Waals surface area contributed by atoms with E-state index in [2.05, 4.69) is 16.8 Å². The van der Waals surface area contributed by atoms with Crippen molar-refractivity contribution in [1.82, 2.24) is 9.80 Å². The van der Waals surface area contributed by atoms with Gasteiger partial charge in [-0.2, -0.15) is 0 Å². The number of carbonyl (C=O) groups excluding carboxylic acids is 1. The predicted molar refractivity (Wildman–Crippen MR) is 64.2 cm³/mol. The quantitative estimate of drug-likeness (QED) is 0.670. The number of likely N-dealkylation sites (N-methyl/N-ethyl adjacent to an activating group) is 1. The number of carbonyl (C=O) groups is 1. The summed E-state index contributed by atoms with van der Waals surface area (Å²) in [6, 6.07) is 0. The topological polar surface area (TPSA) is 23.6 Å².